The smallest absolute Gasteiger partial charge is 0.198 e. The summed E-state index contributed by atoms with van der Waals surface area (Å²) in [5.74, 6) is 1.53. The molecule has 0 fully saturated rings. The second-order valence-electron chi connectivity index (χ2n) is 11.7. The zero-order chi connectivity index (χ0) is 26.5. The van der Waals surface area contributed by atoms with Gasteiger partial charge in [0.1, 0.15) is 5.75 Å². The first kappa shape index (κ1) is 23.2. The van der Waals surface area contributed by atoms with Crippen molar-refractivity contribution in [3.8, 4) is 22.5 Å². The number of aromatic nitrogens is 2. The number of rotatable bonds is 4. The van der Waals surface area contributed by atoms with Gasteiger partial charge in [0.25, 0.3) is 0 Å². The minimum atomic E-state index is -0.0487. The van der Waals surface area contributed by atoms with Crippen LogP contribution in [0.4, 0.5) is 0 Å². The fraction of sp³-hybridized carbons (Fsp3) is 0.222. The lowest BCUT2D eigenvalue weighted by molar-refractivity contribution is 0.553. The third kappa shape index (κ3) is 3.05. The molecule has 2 aromatic heterocycles. The van der Waals surface area contributed by atoms with E-state index in [1.54, 1.807) is 0 Å². The Bertz CT molecular complexity index is 1940. The fourth-order valence-electron chi connectivity index (χ4n) is 7.48. The lowest BCUT2D eigenvalue weighted by Gasteiger charge is -2.30. The molecule has 2 aliphatic rings. The Labute approximate surface area is 233 Å². The first-order valence-corrected chi connectivity index (χ1v) is 15.8. The normalized spacial score (nSPS) is 16.4. The van der Waals surface area contributed by atoms with Gasteiger partial charge in [-0.25, -0.2) is 0 Å². The molecule has 0 N–H and O–H groups in total. The topological polar surface area (TPSA) is 9.86 Å². The average molecular weight is 526 g/mol. The van der Waals surface area contributed by atoms with Crippen LogP contribution in [0.1, 0.15) is 42.0 Å². The van der Waals surface area contributed by atoms with Crippen molar-refractivity contribution in [2.24, 2.45) is 7.05 Å². The lowest BCUT2D eigenvalue weighted by Crippen LogP contribution is -2.38. The molecular weight excluding hydrogens is 492 g/mol. The Morgan fingerprint density at radius 1 is 0.744 bits per heavy atom. The van der Waals surface area contributed by atoms with Gasteiger partial charge >= 0.3 is 0 Å². The monoisotopic (exact) mass is 525 g/mol. The highest BCUT2D eigenvalue weighted by molar-refractivity contribution is 7.96. The molecule has 0 amide bonds. The molecule has 2 atom stereocenters. The molecule has 0 saturated heterocycles. The van der Waals surface area contributed by atoms with Crippen molar-refractivity contribution in [3.63, 3.8) is 0 Å². The van der Waals surface area contributed by atoms with Crippen LogP contribution >= 0.6 is 0 Å². The molecule has 0 bridgehead atoms. The first-order chi connectivity index (χ1) is 19.0. The molecule has 2 aliphatic carbocycles. The Balaban J connectivity index is 1.28. The third-order valence-electron chi connectivity index (χ3n) is 9.51. The van der Waals surface area contributed by atoms with Crippen LogP contribution in [-0.4, -0.2) is 21.1 Å². The zero-order valence-corrected chi connectivity index (χ0v) is 23.8. The summed E-state index contributed by atoms with van der Waals surface area (Å²) in [6.45, 7) is 4.96. The number of para-hydroxylation sites is 2. The maximum Gasteiger partial charge on any atom is 0.198 e. The Hall–Kier alpha value is -3.69. The molecule has 3 heteroatoms. The van der Waals surface area contributed by atoms with Crippen molar-refractivity contribution in [1.82, 2.24) is 9.13 Å². The standard InChI is InChI=1S/C36H33N2S/c1-36(2,38-32-20-12-9-16-26(32)29-21-23-13-5-6-14-24(23)34(29)38)39(4)22-30-25-15-7-8-17-27(25)35-33(30)28-18-10-11-19-31(28)37(35)3/h5-20,30H,21-22H2,1-4H3/q+1. The highest BCUT2D eigenvalue weighted by Crippen LogP contribution is 2.52. The molecule has 2 unspecified atom stereocenters. The van der Waals surface area contributed by atoms with E-state index in [-0.39, 0.29) is 15.8 Å². The van der Waals surface area contributed by atoms with E-state index in [4.69, 9.17) is 0 Å². The van der Waals surface area contributed by atoms with E-state index in [1.807, 2.05) is 0 Å². The van der Waals surface area contributed by atoms with Crippen LogP contribution in [0, 0.1) is 0 Å². The summed E-state index contributed by atoms with van der Waals surface area (Å²) in [5, 5.41) is 2.82. The first-order valence-electron chi connectivity index (χ1n) is 14.0. The summed E-state index contributed by atoms with van der Waals surface area (Å²) in [7, 11) is 2.32. The maximum atomic E-state index is 2.71. The molecule has 0 saturated carbocycles. The predicted octanol–water partition coefficient (Wildman–Crippen LogP) is 8.46. The van der Waals surface area contributed by atoms with Crippen LogP contribution in [0.25, 0.3) is 44.3 Å². The summed E-state index contributed by atoms with van der Waals surface area (Å²) < 4.78 is 5.13. The van der Waals surface area contributed by atoms with Crippen LogP contribution in [0.5, 0.6) is 0 Å². The molecule has 4 aromatic carbocycles. The van der Waals surface area contributed by atoms with Crippen molar-refractivity contribution in [2.45, 2.75) is 31.1 Å². The van der Waals surface area contributed by atoms with Crippen LogP contribution < -0.4 is 0 Å². The molecule has 2 heterocycles. The summed E-state index contributed by atoms with van der Waals surface area (Å²) in [6, 6.07) is 36.2. The number of fused-ring (bicyclic) bond motifs is 10. The van der Waals surface area contributed by atoms with E-state index in [2.05, 4.69) is 133 Å². The van der Waals surface area contributed by atoms with Gasteiger partial charge in [-0.1, -0.05) is 84.9 Å². The van der Waals surface area contributed by atoms with Crippen LogP contribution in [0.2, 0.25) is 0 Å². The highest BCUT2D eigenvalue weighted by Gasteiger charge is 2.46. The number of nitrogens with zero attached hydrogens (tertiary/aromatic N) is 2. The molecule has 8 rings (SSSR count). The van der Waals surface area contributed by atoms with Gasteiger partial charge in [0.05, 0.1) is 29.1 Å². The second kappa shape index (κ2) is 8.16. The molecule has 0 spiro atoms. The van der Waals surface area contributed by atoms with Crippen molar-refractivity contribution < 1.29 is 0 Å². The molecular formula is C36H33N2S+. The minimum Gasteiger partial charge on any atom is -0.343 e. The van der Waals surface area contributed by atoms with Crippen molar-refractivity contribution in [3.05, 3.63) is 119 Å². The van der Waals surface area contributed by atoms with E-state index in [1.165, 1.54) is 66.6 Å². The Kier molecular flexibility index (Phi) is 4.86. The molecule has 39 heavy (non-hydrogen) atoms. The van der Waals surface area contributed by atoms with E-state index >= 15 is 0 Å². The van der Waals surface area contributed by atoms with Gasteiger partial charge in [-0.15, -0.1) is 0 Å². The summed E-state index contributed by atoms with van der Waals surface area (Å²) in [5.41, 5.74) is 14.4. The average Bonchev–Trinajstić information content (AvgIpc) is 3.66. The van der Waals surface area contributed by atoms with Crippen molar-refractivity contribution >= 4 is 32.7 Å². The quantitative estimate of drug-likeness (QED) is 0.204. The highest BCUT2D eigenvalue weighted by atomic mass is 32.2. The van der Waals surface area contributed by atoms with Gasteiger partial charge < -0.3 is 4.57 Å². The SMILES string of the molecule is Cn1c2c(c3ccccc31)C(C[S+](C)C(C)(C)n1c3c(c4ccccc41)Cc1ccccc1-3)c1ccccc1-2. The fourth-order valence-corrected chi connectivity index (χ4v) is 9.24. The Morgan fingerprint density at radius 2 is 1.38 bits per heavy atom. The summed E-state index contributed by atoms with van der Waals surface area (Å²) in [4.78, 5) is -0.0487. The van der Waals surface area contributed by atoms with E-state index in [0.717, 1.165) is 12.2 Å². The number of aryl methyl sites for hydroxylation is 1. The van der Waals surface area contributed by atoms with E-state index in [9.17, 15) is 0 Å². The summed E-state index contributed by atoms with van der Waals surface area (Å²) in [6.07, 6.45) is 3.54. The summed E-state index contributed by atoms with van der Waals surface area (Å²) >= 11 is 0. The number of benzene rings is 4. The minimum absolute atomic E-state index is 0.0487. The van der Waals surface area contributed by atoms with E-state index in [0.29, 0.717) is 5.92 Å². The van der Waals surface area contributed by atoms with Gasteiger partial charge in [-0.2, -0.15) is 0 Å². The number of hydrogen-bond donors (Lipinski definition) is 0. The third-order valence-corrected chi connectivity index (χ3v) is 12.2. The molecule has 2 nitrogen and oxygen atoms in total. The molecule has 192 valence electrons. The maximum absolute atomic E-state index is 2.71. The Morgan fingerprint density at radius 3 is 2.21 bits per heavy atom. The van der Waals surface area contributed by atoms with E-state index < -0.39 is 0 Å². The number of hydrogen-bond acceptors (Lipinski definition) is 0. The van der Waals surface area contributed by atoms with Crippen LogP contribution in [0.3, 0.4) is 0 Å². The van der Waals surface area contributed by atoms with Gasteiger partial charge in [-0.05, 0) is 34.4 Å². The predicted molar refractivity (Wildman–Crippen MR) is 168 cm³/mol. The van der Waals surface area contributed by atoms with Crippen LogP contribution in [-0.2, 0) is 29.2 Å². The lowest BCUT2D eigenvalue weighted by atomic mass is 9.97. The van der Waals surface area contributed by atoms with Crippen molar-refractivity contribution in [2.75, 3.05) is 12.0 Å². The van der Waals surface area contributed by atoms with Gasteiger partial charge in [-0.3, -0.25) is 4.57 Å². The van der Waals surface area contributed by atoms with Gasteiger partial charge in [0.15, 0.2) is 4.87 Å². The van der Waals surface area contributed by atoms with Crippen LogP contribution in [0.15, 0.2) is 97.1 Å². The largest absolute Gasteiger partial charge is 0.343 e. The van der Waals surface area contributed by atoms with Crippen molar-refractivity contribution in [1.29, 1.82) is 0 Å². The van der Waals surface area contributed by atoms with Gasteiger partial charge in [0, 0.05) is 65.6 Å². The zero-order valence-electron chi connectivity index (χ0n) is 23.0. The molecule has 0 aliphatic heterocycles. The second-order valence-corrected chi connectivity index (χ2v) is 14.3. The molecule has 6 aromatic rings. The van der Waals surface area contributed by atoms with Gasteiger partial charge in [0.2, 0.25) is 0 Å². The molecule has 0 radical (unpaired) electrons.